The third-order valence-electron chi connectivity index (χ3n) is 11.2. The lowest BCUT2D eigenvalue weighted by Crippen LogP contribution is -2.10. The van der Waals surface area contributed by atoms with Crippen molar-refractivity contribution in [1.29, 1.82) is 0 Å². The largest absolute Gasteiger partial charge is 0.309 e. The van der Waals surface area contributed by atoms with Gasteiger partial charge in [-0.25, -0.2) is 8.78 Å². The summed E-state index contributed by atoms with van der Waals surface area (Å²) in [6.07, 6.45) is 0. The molecule has 9 aromatic carbocycles. The minimum absolute atomic E-state index is 0.266. The predicted octanol–water partition coefficient (Wildman–Crippen LogP) is 14.7. The second-order valence-corrected chi connectivity index (χ2v) is 15.1. The van der Waals surface area contributed by atoms with E-state index in [1.807, 2.05) is 0 Å². The molecule has 0 N–H and O–H groups in total. The van der Waals surface area contributed by atoms with Gasteiger partial charge < -0.3 is 9.47 Å². The highest BCUT2D eigenvalue weighted by molar-refractivity contribution is 7.00. The van der Waals surface area contributed by atoms with Gasteiger partial charge in [0.25, 0.3) is 0 Å². The zero-order valence-electron chi connectivity index (χ0n) is 31.4. The van der Waals surface area contributed by atoms with Crippen molar-refractivity contribution in [3.05, 3.63) is 206 Å². The molecular weight excluding hydrogens is 751 g/mol. The third-order valence-corrected chi connectivity index (χ3v) is 11.8. The first-order valence-electron chi connectivity index (χ1n) is 19.4. The van der Waals surface area contributed by atoms with E-state index >= 15 is 0 Å². The first-order chi connectivity index (χ1) is 29.1. The standard InChI is InChI=1S/C52H32F2N4S/c53-37-21-13-33(14-22-37)35-17-25-40(26-18-35)57(41-27-19-36(20-28-41)34-15-23-38(54)24-16-34)49-32-30-45(51-52(49)56-59-55-51)42-10-6-11-44-43(42)29-31-48-50(44)46-9-4-5-12-47(46)58(48)39-7-2-1-3-8-39/h1-32H. The summed E-state index contributed by atoms with van der Waals surface area (Å²) in [5.74, 6) is -0.533. The van der Waals surface area contributed by atoms with Gasteiger partial charge in [0.2, 0.25) is 0 Å². The maximum absolute atomic E-state index is 13.8. The molecule has 0 spiro atoms. The van der Waals surface area contributed by atoms with Gasteiger partial charge in [-0.05, 0) is 124 Å². The first-order valence-corrected chi connectivity index (χ1v) is 20.1. The number of rotatable bonds is 7. The van der Waals surface area contributed by atoms with Crippen LogP contribution < -0.4 is 4.90 Å². The van der Waals surface area contributed by atoms with Gasteiger partial charge in [0.05, 0.1) is 28.4 Å². The van der Waals surface area contributed by atoms with Gasteiger partial charge in [-0.1, -0.05) is 109 Å². The van der Waals surface area contributed by atoms with E-state index in [9.17, 15) is 8.78 Å². The fourth-order valence-corrected chi connectivity index (χ4v) is 9.05. The smallest absolute Gasteiger partial charge is 0.129 e. The number of nitrogens with zero attached hydrogens (tertiary/aromatic N) is 4. The molecule has 0 aliphatic rings. The van der Waals surface area contributed by atoms with E-state index in [-0.39, 0.29) is 11.6 Å². The zero-order valence-corrected chi connectivity index (χ0v) is 32.2. The number of anilines is 3. The molecule has 0 saturated carbocycles. The lowest BCUT2D eigenvalue weighted by atomic mass is 9.94. The number of para-hydroxylation sites is 2. The Balaban J connectivity index is 1.06. The van der Waals surface area contributed by atoms with Crippen LogP contribution in [-0.2, 0) is 0 Å². The summed E-state index contributed by atoms with van der Waals surface area (Å²) in [4.78, 5) is 2.20. The van der Waals surface area contributed by atoms with E-state index in [1.165, 1.54) is 57.7 Å². The van der Waals surface area contributed by atoms with Crippen LogP contribution in [0.4, 0.5) is 25.8 Å². The third kappa shape index (κ3) is 5.94. The van der Waals surface area contributed by atoms with Crippen molar-refractivity contribution >= 4 is 72.4 Å². The monoisotopic (exact) mass is 782 g/mol. The minimum Gasteiger partial charge on any atom is -0.309 e. The molecule has 4 nitrogen and oxygen atoms in total. The van der Waals surface area contributed by atoms with Crippen molar-refractivity contribution in [2.24, 2.45) is 0 Å². The molecule has 0 amide bonds. The Morgan fingerprint density at radius 3 is 1.61 bits per heavy atom. The zero-order chi connectivity index (χ0) is 39.5. The van der Waals surface area contributed by atoms with Crippen LogP contribution in [0.3, 0.4) is 0 Å². The molecule has 0 saturated heterocycles. The Bertz CT molecular complexity index is 3230. The first kappa shape index (κ1) is 34.7. The van der Waals surface area contributed by atoms with Gasteiger partial charge in [0, 0.05) is 33.4 Å². The quantitative estimate of drug-likeness (QED) is 0.161. The van der Waals surface area contributed by atoms with Crippen LogP contribution in [0.5, 0.6) is 0 Å². The lowest BCUT2D eigenvalue weighted by molar-refractivity contribution is 0.627. The van der Waals surface area contributed by atoms with E-state index in [4.69, 9.17) is 8.75 Å². The van der Waals surface area contributed by atoms with Gasteiger partial charge in [-0.2, -0.15) is 8.75 Å². The fourth-order valence-electron chi connectivity index (χ4n) is 8.48. The van der Waals surface area contributed by atoms with Crippen LogP contribution in [0, 0.1) is 11.6 Å². The molecular formula is C52H32F2N4S. The van der Waals surface area contributed by atoms with Crippen molar-refractivity contribution in [3.8, 4) is 39.1 Å². The van der Waals surface area contributed by atoms with Gasteiger partial charge in [0.15, 0.2) is 0 Å². The number of aromatic nitrogens is 3. The summed E-state index contributed by atoms with van der Waals surface area (Å²) >= 11 is 1.20. The molecule has 11 aromatic rings. The highest BCUT2D eigenvalue weighted by atomic mass is 32.1. The SMILES string of the molecule is Fc1ccc(-c2ccc(N(c3ccc(-c4ccc(F)cc4)cc3)c3ccc(-c4cccc5c4ccc4c5c5ccccc5n4-c4ccccc4)c4nsnc34)cc2)cc1. The van der Waals surface area contributed by atoms with Crippen LogP contribution in [-0.4, -0.2) is 13.3 Å². The van der Waals surface area contributed by atoms with E-state index in [0.717, 1.165) is 78.1 Å². The molecule has 59 heavy (non-hydrogen) atoms. The van der Waals surface area contributed by atoms with Crippen LogP contribution >= 0.6 is 11.7 Å². The van der Waals surface area contributed by atoms with Gasteiger partial charge in [0.1, 0.15) is 22.7 Å². The maximum Gasteiger partial charge on any atom is 0.129 e. The number of halogens is 2. The maximum atomic E-state index is 13.8. The number of hydrogen-bond donors (Lipinski definition) is 0. The molecule has 0 aliphatic heterocycles. The Morgan fingerprint density at radius 1 is 0.407 bits per heavy atom. The van der Waals surface area contributed by atoms with E-state index in [2.05, 4.69) is 155 Å². The van der Waals surface area contributed by atoms with Crippen molar-refractivity contribution in [2.75, 3.05) is 4.90 Å². The Labute approximate surface area is 342 Å². The molecule has 280 valence electrons. The molecule has 2 heterocycles. The topological polar surface area (TPSA) is 34.0 Å². The molecule has 11 rings (SSSR count). The average Bonchev–Trinajstić information content (AvgIpc) is 3.92. The van der Waals surface area contributed by atoms with E-state index < -0.39 is 0 Å². The highest BCUT2D eigenvalue weighted by Crippen LogP contribution is 2.45. The van der Waals surface area contributed by atoms with E-state index in [0.29, 0.717) is 0 Å². The minimum atomic E-state index is -0.266. The second kappa shape index (κ2) is 14.2. The van der Waals surface area contributed by atoms with Gasteiger partial charge in [-0.15, -0.1) is 0 Å². The Hall–Kier alpha value is -7.48. The summed E-state index contributed by atoms with van der Waals surface area (Å²) in [6.45, 7) is 0. The van der Waals surface area contributed by atoms with Crippen LogP contribution in [0.15, 0.2) is 194 Å². The van der Waals surface area contributed by atoms with Crippen molar-refractivity contribution in [1.82, 2.24) is 13.3 Å². The Kier molecular flexibility index (Phi) is 8.34. The van der Waals surface area contributed by atoms with Crippen molar-refractivity contribution in [3.63, 3.8) is 0 Å². The lowest BCUT2D eigenvalue weighted by Gasteiger charge is -2.26. The summed E-state index contributed by atoms with van der Waals surface area (Å²) in [5.41, 5.74) is 13.7. The average molecular weight is 783 g/mol. The molecule has 0 atom stereocenters. The number of benzene rings is 9. The van der Waals surface area contributed by atoms with Crippen LogP contribution in [0.2, 0.25) is 0 Å². The summed E-state index contributed by atoms with van der Waals surface area (Å²) in [6, 6.07) is 64.1. The summed E-state index contributed by atoms with van der Waals surface area (Å²) in [5, 5.41) is 4.74. The van der Waals surface area contributed by atoms with Crippen LogP contribution in [0.1, 0.15) is 0 Å². The highest BCUT2D eigenvalue weighted by Gasteiger charge is 2.22. The molecule has 7 heteroatoms. The molecule has 0 fully saturated rings. The molecule has 0 bridgehead atoms. The Morgan fingerprint density at radius 2 is 0.966 bits per heavy atom. The van der Waals surface area contributed by atoms with E-state index in [1.54, 1.807) is 24.3 Å². The number of hydrogen-bond acceptors (Lipinski definition) is 4. The second-order valence-electron chi connectivity index (χ2n) is 14.6. The molecule has 0 radical (unpaired) electrons. The van der Waals surface area contributed by atoms with Gasteiger partial charge in [-0.3, -0.25) is 0 Å². The predicted molar refractivity (Wildman–Crippen MR) is 240 cm³/mol. The summed E-state index contributed by atoms with van der Waals surface area (Å²) in [7, 11) is 0. The number of fused-ring (bicyclic) bond motifs is 6. The fraction of sp³-hybridized carbons (Fsp3) is 0. The summed E-state index contributed by atoms with van der Waals surface area (Å²) < 4.78 is 39.8. The van der Waals surface area contributed by atoms with Gasteiger partial charge >= 0.3 is 0 Å². The van der Waals surface area contributed by atoms with Crippen molar-refractivity contribution < 1.29 is 8.78 Å². The molecule has 0 aliphatic carbocycles. The van der Waals surface area contributed by atoms with Crippen LogP contribution in [0.25, 0.3) is 82.7 Å². The normalized spacial score (nSPS) is 11.6. The molecule has 0 unspecified atom stereocenters. The van der Waals surface area contributed by atoms with Crippen molar-refractivity contribution in [2.45, 2.75) is 0 Å². The molecule has 2 aromatic heterocycles.